The van der Waals surface area contributed by atoms with Gasteiger partial charge in [-0.25, -0.2) is 9.97 Å². The summed E-state index contributed by atoms with van der Waals surface area (Å²) in [5, 5.41) is 13.7. The highest BCUT2D eigenvalue weighted by Gasteiger charge is 2.10. The second-order valence-corrected chi connectivity index (χ2v) is 5.69. The molecule has 1 amide bonds. The number of aromatic nitrogens is 3. The van der Waals surface area contributed by atoms with E-state index in [1.807, 2.05) is 18.2 Å². The lowest BCUT2D eigenvalue weighted by molar-refractivity contribution is 0.102. The van der Waals surface area contributed by atoms with Crippen molar-refractivity contribution in [1.29, 1.82) is 0 Å². The molecule has 3 heterocycles. The van der Waals surface area contributed by atoms with Gasteiger partial charge in [-0.1, -0.05) is 0 Å². The molecule has 132 valence electrons. The third kappa shape index (κ3) is 3.67. The van der Waals surface area contributed by atoms with Gasteiger partial charge in [0.25, 0.3) is 5.91 Å². The molecule has 7 nitrogen and oxygen atoms in total. The Bertz CT molecular complexity index is 1100. The van der Waals surface area contributed by atoms with Crippen molar-refractivity contribution < 1.29 is 14.6 Å². The van der Waals surface area contributed by atoms with E-state index in [1.165, 1.54) is 18.3 Å². The van der Waals surface area contributed by atoms with Crippen LogP contribution in [-0.2, 0) is 0 Å². The predicted octanol–water partition coefficient (Wildman–Crippen LogP) is 3.78. The molecule has 0 radical (unpaired) electrons. The molecule has 0 unspecified atom stereocenters. The molecule has 4 aromatic rings. The Morgan fingerprint density at radius 3 is 2.59 bits per heavy atom. The minimum Gasteiger partial charge on any atom is -0.506 e. The molecule has 0 aliphatic rings. The van der Waals surface area contributed by atoms with Gasteiger partial charge in [0.1, 0.15) is 17.2 Å². The molecule has 0 saturated carbocycles. The van der Waals surface area contributed by atoms with E-state index in [1.54, 1.807) is 36.8 Å². The van der Waals surface area contributed by atoms with E-state index in [0.29, 0.717) is 17.3 Å². The number of amides is 1. The maximum Gasteiger partial charge on any atom is 0.274 e. The van der Waals surface area contributed by atoms with Crippen molar-refractivity contribution in [1.82, 2.24) is 15.0 Å². The second-order valence-electron chi connectivity index (χ2n) is 5.69. The number of ether oxygens (including phenoxy) is 1. The Balaban J connectivity index is 1.59. The summed E-state index contributed by atoms with van der Waals surface area (Å²) >= 11 is 0. The van der Waals surface area contributed by atoms with Crippen molar-refractivity contribution in [2.45, 2.75) is 0 Å². The fraction of sp³-hybridized carbons (Fsp3) is 0. The molecule has 2 N–H and O–H groups in total. The SMILES string of the molecule is O=C(Nc1ccc2c(Oc3ccncc3)nccc2c1)c1ccc(O)cn1. The highest BCUT2D eigenvalue weighted by atomic mass is 16.5. The third-order valence-electron chi connectivity index (χ3n) is 3.83. The number of hydrogen-bond acceptors (Lipinski definition) is 6. The quantitative estimate of drug-likeness (QED) is 0.576. The highest BCUT2D eigenvalue weighted by molar-refractivity contribution is 6.04. The molecule has 27 heavy (non-hydrogen) atoms. The molecular formula is C20H14N4O3. The zero-order valence-corrected chi connectivity index (χ0v) is 14.0. The van der Waals surface area contributed by atoms with Gasteiger partial charge in [0.05, 0.1) is 6.20 Å². The Morgan fingerprint density at radius 1 is 0.963 bits per heavy atom. The average Bonchev–Trinajstić information content (AvgIpc) is 2.69. The first-order valence-electron chi connectivity index (χ1n) is 8.12. The van der Waals surface area contributed by atoms with E-state index in [9.17, 15) is 9.90 Å². The van der Waals surface area contributed by atoms with Crippen molar-refractivity contribution in [3.05, 3.63) is 79.0 Å². The molecule has 0 fully saturated rings. The zero-order chi connectivity index (χ0) is 18.6. The van der Waals surface area contributed by atoms with E-state index in [0.717, 1.165) is 10.8 Å². The molecule has 1 aromatic carbocycles. The largest absolute Gasteiger partial charge is 0.506 e. The smallest absolute Gasteiger partial charge is 0.274 e. The lowest BCUT2D eigenvalue weighted by Crippen LogP contribution is -2.13. The summed E-state index contributed by atoms with van der Waals surface area (Å²) in [6, 6.07) is 13.6. The second kappa shape index (κ2) is 7.09. The van der Waals surface area contributed by atoms with Gasteiger partial charge in [-0.05, 0) is 53.9 Å². The van der Waals surface area contributed by atoms with Crippen LogP contribution >= 0.6 is 0 Å². The molecule has 0 saturated heterocycles. The highest BCUT2D eigenvalue weighted by Crippen LogP contribution is 2.29. The van der Waals surface area contributed by atoms with Crippen LogP contribution in [0.25, 0.3) is 10.8 Å². The molecule has 0 spiro atoms. The third-order valence-corrected chi connectivity index (χ3v) is 3.83. The summed E-state index contributed by atoms with van der Waals surface area (Å²) < 4.78 is 5.82. The molecule has 0 bridgehead atoms. The summed E-state index contributed by atoms with van der Waals surface area (Å²) in [4.78, 5) is 24.4. The van der Waals surface area contributed by atoms with Crippen LogP contribution in [0.2, 0.25) is 0 Å². The van der Waals surface area contributed by atoms with Crippen LogP contribution in [0.15, 0.2) is 73.3 Å². The first-order chi connectivity index (χ1) is 13.2. The number of fused-ring (bicyclic) bond motifs is 1. The van der Waals surface area contributed by atoms with Crippen LogP contribution in [0.4, 0.5) is 5.69 Å². The maximum absolute atomic E-state index is 12.3. The maximum atomic E-state index is 12.3. The van der Waals surface area contributed by atoms with Crippen LogP contribution in [0, 0.1) is 0 Å². The van der Waals surface area contributed by atoms with Crippen LogP contribution in [0.3, 0.4) is 0 Å². The number of hydrogen-bond donors (Lipinski definition) is 2. The van der Waals surface area contributed by atoms with Crippen LogP contribution in [0.5, 0.6) is 17.4 Å². The van der Waals surface area contributed by atoms with Crippen molar-refractivity contribution in [2.24, 2.45) is 0 Å². The number of benzene rings is 1. The first kappa shape index (κ1) is 16.5. The van der Waals surface area contributed by atoms with E-state index < -0.39 is 0 Å². The standard InChI is InChI=1S/C20H14N4O3/c25-15-2-4-18(23-12-15)19(26)24-14-1-3-17-13(11-14)5-10-22-20(17)27-16-6-8-21-9-7-16/h1-12,25H,(H,24,26). The van der Waals surface area contributed by atoms with E-state index >= 15 is 0 Å². The van der Waals surface area contributed by atoms with E-state index in [-0.39, 0.29) is 17.4 Å². The van der Waals surface area contributed by atoms with E-state index in [2.05, 4.69) is 20.3 Å². The summed E-state index contributed by atoms with van der Waals surface area (Å²) in [6.45, 7) is 0. The van der Waals surface area contributed by atoms with Gasteiger partial charge >= 0.3 is 0 Å². The van der Waals surface area contributed by atoms with Gasteiger partial charge in [0.2, 0.25) is 5.88 Å². The number of nitrogens with zero attached hydrogens (tertiary/aromatic N) is 3. The molecular weight excluding hydrogens is 344 g/mol. The Kier molecular flexibility index (Phi) is 4.32. The molecule has 4 rings (SSSR count). The number of carbonyl (C=O) groups excluding carboxylic acids is 1. The van der Waals surface area contributed by atoms with Gasteiger partial charge in [0, 0.05) is 29.7 Å². The van der Waals surface area contributed by atoms with Gasteiger partial charge in [0.15, 0.2) is 0 Å². The molecule has 7 heteroatoms. The van der Waals surface area contributed by atoms with Crippen LogP contribution in [-0.4, -0.2) is 26.0 Å². The minimum atomic E-state index is -0.364. The molecule has 3 aromatic heterocycles. The Labute approximate surface area is 154 Å². The number of anilines is 1. The van der Waals surface area contributed by atoms with Gasteiger partial charge in [-0.2, -0.15) is 0 Å². The van der Waals surface area contributed by atoms with Crippen LogP contribution < -0.4 is 10.1 Å². The molecule has 0 atom stereocenters. The Hall–Kier alpha value is -4.00. The number of aromatic hydroxyl groups is 1. The van der Waals surface area contributed by atoms with Crippen molar-refractivity contribution in [3.63, 3.8) is 0 Å². The first-order valence-corrected chi connectivity index (χ1v) is 8.12. The lowest BCUT2D eigenvalue weighted by atomic mass is 10.1. The minimum absolute atomic E-state index is 0.00600. The summed E-state index contributed by atoms with van der Waals surface area (Å²) in [5.74, 6) is 0.751. The molecule has 0 aliphatic carbocycles. The molecule has 0 aliphatic heterocycles. The van der Waals surface area contributed by atoms with Crippen LogP contribution in [0.1, 0.15) is 10.5 Å². The van der Waals surface area contributed by atoms with Crippen molar-refractivity contribution >= 4 is 22.4 Å². The normalized spacial score (nSPS) is 10.5. The van der Waals surface area contributed by atoms with E-state index in [4.69, 9.17) is 4.74 Å². The fourth-order valence-corrected chi connectivity index (χ4v) is 2.54. The zero-order valence-electron chi connectivity index (χ0n) is 14.0. The number of rotatable bonds is 4. The summed E-state index contributed by atoms with van der Waals surface area (Å²) in [6.07, 6.45) is 6.16. The summed E-state index contributed by atoms with van der Waals surface area (Å²) in [7, 11) is 0. The van der Waals surface area contributed by atoms with Crippen molar-refractivity contribution in [3.8, 4) is 17.4 Å². The number of carbonyl (C=O) groups is 1. The topological polar surface area (TPSA) is 97.2 Å². The Morgan fingerprint density at radius 2 is 1.81 bits per heavy atom. The summed E-state index contributed by atoms with van der Waals surface area (Å²) in [5.41, 5.74) is 0.827. The predicted molar refractivity (Wildman–Crippen MR) is 99.9 cm³/mol. The van der Waals surface area contributed by atoms with Gasteiger partial charge in [-0.15, -0.1) is 0 Å². The van der Waals surface area contributed by atoms with Crippen molar-refractivity contribution in [2.75, 3.05) is 5.32 Å². The fourth-order valence-electron chi connectivity index (χ4n) is 2.54. The number of nitrogens with one attached hydrogen (secondary N) is 1. The lowest BCUT2D eigenvalue weighted by Gasteiger charge is -2.09. The van der Waals surface area contributed by atoms with Gasteiger partial charge in [-0.3, -0.25) is 9.78 Å². The van der Waals surface area contributed by atoms with Gasteiger partial charge < -0.3 is 15.2 Å². The monoisotopic (exact) mass is 358 g/mol. The average molecular weight is 358 g/mol. The number of pyridine rings is 3.